The number of amides is 1. The van der Waals surface area contributed by atoms with Crippen LogP contribution in [0, 0.1) is 0 Å². The summed E-state index contributed by atoms with van der Waals surface area (Å²) in [5.41, 5.74) is 4.02. The maximum atomic E-state index is 13.3. The fraction of sp³-hybridized carbons (Fsp3) is 0.115. The van der Waals surface area contributed by atoms with E-state index in [9.17, 15) is 9.59 Å². The number of ether oxygens (including phenoxy) is 1. The SMILES string of the molecule is CCOC(=O)c1ccc(NC(=O)[C@H](Sc2nnc3c(n2)[nH]c2ccccc23)c2ccccc2)cc1. The predicted molar refractivity (Wildman–Crippen MR) is 135 cm³/mol. The number of anilines is 1. The monoisotopic (exact) mass is 483 g/mol. The summed E-state index contributed by atoms with van der Waals surface area (Å²) in [7, 11) is 0. The molecular formula is C26H21N5O3S. The lowest BCUT2D eigenvalue weighted by Gasteiger charge is -2.16. The Labute approximate surface area is 205 Å². The zero-order chi connectivity index (χ0) is 24.2. The van der Waals surface area contributed by atoms with Crippen molar-refractivity contribution in [3.63, 3.8) is 0 Å². The number of hydrogen-bond donors (Lipinski definition) is 2. The number of H-pyrrole nitrogens is 1. The van der Waals surface area contributed by atoms with Gasteiger partial charge < -0.3 is 15.0 Å². The van der Waals surface area contributed by atoms with E-state index in [4.69, 9.17) is 4.74 Å². The lowest BCUT2D eigenvalue weighted by Crippen LogP contribution is -2.19. The van der Waals surface area contributed by atoms with Crippen LogP contribution in [-0.2, 0) is 9.53 Å². The average Bonchev–Trinajstić information content (AvgIpc) is 3.26. The number of aromatic nitrogens is 4. The number of hydrogen-bond acceptors (Lipinski definition) is 7. The van der Waals surface area contributed by atoms with E-state index in [0.29, 0.717) is 34.2 Å². The van der Waals surface area contributed by atoms with Gasteiger partial charge in [-0.05, 0) is 42.8 Å². The molecule has 8 nitrogen and oxygen atoms in total. The molecule has 0 saturated carbocycles. The number of para-hydroxylation sites is 1. The third-order valence-electron chi connectivity index (χ3n) is 5.33. The van der Waals surface area contributed by atoms with Gasteiger partial charge in [0.1, 0.15) is 10.8 Å². The largest absolute Gasteiger partial charge is 0.462 e. The number of carbonyl (C=O) groups excluding carboxylic acids is 2. The molecule has 2 N–H and O–H groups in total. The van der Waals surface area contributed by atoms with Crippen LogP contribution < -0.4 is 5.32 Å². The van der Waals surface area contributed by atoms with Gasteiger partial charge in [0, 0.05) is 16.6 Å². The molecule has 0 bridgehead atoms. The van der Waals surface area contributed by atoms with Gasteiger partial charge >= 0.3 is 5.97 Å². The number of fused-ring (bicyclic) bond motifs is 3. The zero-order valence-corrected chi connectivity index (χ0v) is 19.6. The average molecular weight is 484 g/mol. The number of aromatic amines is 1. The minimum absolute atomic E-state index is 0.245. The van der Waals surface area contributed by atoms with E-state index >= 15 is 0 Å². The van der Waals surface area contributed by atoms with Gasteiger partial charge in [0.05, 0.1) is 12.2 Å². The summed E-state index contributed by atoms with van der Waals surface area (Å²) in [4.78, 5) is 33.1. The number of nitrogens with one attached hydrogen (secondary N) is 2. The Balaban J connectivity index is 1.40. The van der Waals surface area contributed by atoms with Crippen molar-refractivity contribution < 1.29 is 14.3 Å². The van der Waals surface area contributed by atoms with E-state index in [0.717, 1.165) is 16.5 Å². The summed E-state index contributed by atoms with van der Waals surface area (Å²) < 4.78 is 5.01. The minimum Gasteiger partial charge on any atom is -0.462 e. The number of esters is 1. The van der Waals surface area contributed by atoms with Crippen LogP contribution in [0.3, 0.4) is 0 Å². The predicted octanol–water partition coefficient (Wildman–Crippen LogP) is 5.15. The molecule has 0 aliphatic heterocycles. The molecule has 0 radical (unpaired) electrons. The maximum Gasteiger partial charge on any atom is 0.338 e. The molecule has 1 atom stereocenters. The van der Waals surface area contributed by atoms with Crippen LogP contribution in [0.1, 0.15) is 28.1 Å². The zero-order valence-electron chi connectivity index (χ0n) is 18.8. The summed E-state index contributed by atoms with van der Waals surface area (Å²) in [6.07, 6.45) is 0. The highest BCUT2D eigenvalue weighted by molar-refractivity contribution is 8.00. The van der Waals surface area contributed by atoms with Crippen molar-refractivity contribution in [3.05, 3.63) is 90.0 Å². The van der Waals surface area contributed by atoms with Crippen molar-refractivity contribution in [2.45, 2.75) is 17.3 Å². The lowest BCUT2D eigenvalue weighted by atomic mass is 10.1. The van der Waals surface area contributed by atoms with Crippen LogP contribution in [0.2, 0.25) is 0 Å². The summed E-state index contributed by atoms with van der Waals surface area (Å²) >= 11 is 1.22. The Morgan fingerprint density at radius 3 is 2.49 bits per heavy atom. The van der Waals surface area contributed by atoms with E-state index < -0.39 is 11.2 Å². The molecular weight excluding hydrogens is 462 g/mol. The molecule has 0 fully saturated rings. The molecule has 0 saturated heterocycles. The smallest absolute Gasteiger partial charge is 0.338 e. The topological polar surface area (TPSA) is 110 Å². The Kier molecular flexibility index (Phi) is 6.40. The third-order valence-corrected chi connectivity index (χ3v) is 6.44. The quantitative estimate of drug-likeness (QED) is 0.243. The van der Waals surface area contributed by atoms with Crippen LogP contribution >= 0.6 is 11.8 Å². The van der Waals surface area contributed by atoms with Crippen molar-refractivity contribution >= 4 is 51.4 Å². The van der Waals surface area contributed by atoms with E-state index in [-0.39, 0.29) is 5.91 Å². The van der Waals surface area contributed by atoms with E-state index in [1.807, 2.05) is 54.6 Å². The molecule has 35 heavy (non-hydrogen) atoms. The molecule has 5 aromatic rings. The minimum atomic E-state index is -0.621. The second-order valence-corrected chi connectivity index (χ2v) is 8.73. The number of carbonyl (C=O) groups is 2. The Hall–Kier alpha value is -4.24. The molecule has 3 aromatic carbocycles. The Morgan fingerprint density at radius 1 is 0.971 bits per heavy atom. The van der Waals surface area contributed by atoms with Crippen LogP contribution in [0.4, 0.5) is 5.69 Å². The van der Waals surface area contributed by atoms with Crippen molar-refractivity contribution in [1.82, 2.24) is 20.2 Å². The summed E-state index contributed by atoms with van der Waals surface area (Å²) in [6.45, 7) is 2.05. The van der Waals surface area contributed by atoms with Gasteiger partial charge in [-0.25, -0.2) is 9.78 Å². The summed E-state index contributed by atoms with van der Waals surface area (Å²) in [5.74, 6) is -0.648. The van der Waals surface area contributed by atoms with Crippen molar-refractivity contribution in [2.24, 2.45) is 0 Å². The highest BCUT2D eigenvalue weighted by Gasteiger charge is 2.24. The summed E-state index contributed by atoms with van der Waals surface area (Å²) in [5, 5.41) is 12.3. The first-order valence-corrected chi connectivity index (χ1v) is 11.9. The molecule has 2 aromatic heterocycles. The fourth-order valence-electron chi connectivity index (χ4n) is 3.67. The van der Waals surface area contributed by atoms with Gasteiger partial charge in [-0.15, -0.1) is 10.2 Å². The molecule has 2 heterocycles. The first-order chi connectivity index (χ1) is 17.1. The first-order valence-electron chi connectivity index (χ1n) is 11.0. The number of nitrogens with zero attached hydrogens (tertiary/aromatic N) is 3. The van der Waals surface area contributed by atoms with Crippen molar-refractivity contribution in [2.75, 3.05) is 11.9 Å². The molecule has 0 aliphatic carbocycles. The van der Waals surface area contributed by atoms with E-state index in [1.165, 1.54) is 11.8 Å². The molecule has 5 rings (SSSR count). The van der Waals surface area contributed by atoms with Gasteiger partial charge in [-0.1, -0.05) is 60.3 Å². The van der Waals surface area contributed by atoms with Gasteiger partial charge in [0.2, 0.25) is 11.1 Å². The third kappa shape index (κ3) is 4.85. The number of thioether (sulfide) groups is 1. The molecule has 0 aliphatic rings. The van der Waals surface area contributed by atoms with Gasteiger partial charge in [-0.3, -0.25) is 4.79 Å². The normalized spacial score (nSPS) is 11.9. The molecule has 9 heteroatoms. The molecule has 0 unspecified atom stereocenters. The Bertz CT molecular complexity index is 1500. The molecule has 0 spiro atoms. The van der Waals surface area contributed by atoms with Gasteiger partial charge in [0.25, 0.3) is 0 Å². The van der Waals surface area contributed by atoms with Crippen LogP contribution in [0.15, 0.2) is 84.0 Å². The first kappa shape index (κ1) is 22.5. The fourth-order valence-corrected chi connectivity index (χ4v) is 4.58. The summed E-state index contributed by atoms with van der Waals surface area (Å²) in [6, 6.07) is 23.8. The van der Waals surface area contributed by atoms with Crippen LogP contribution in [-0.4, -0.2) is 38.6 Å². The standard InChI is InChI=1S/C26H21N5O3S/c1-2-34-25(33)17-12-14-18(15-13-17)27-24(32)22(16-8-4-3-5-9-16)35-26-29-23-21(30-31-26)19-10-6-7-11-20(19)28-23/h3-15,22H,2H2,1H3,(H,27,32)(H,28,29,31)/t22-/m1/s1. The van der Waals surface area contributed by atoms with Crippen LogP contribution in [0.5, 0.6) is 0 Å². The second kappa shape index (κ2) is 9.94. The van der Waals surface area contributed by atoms with E-state index in [2.05, 4.69) is 25.5 Å². The van der Waals surface area contributed by atoms with Crippen molar-refractivity contribution in [3.8, 4) is 0 Å². The van der Waals surface area contributed by atoms with Gasteiger partial charge in [0.15, 0.2) is 5.65 Å². The highest BCUT2D eigenvalue weighted by atomic mass is 32.2. The molecule has 1 amide bonds. The second-order valence-electron chi connectivity index (χ2n) is 7.66. The lowest BCUT2D eigenvalue weighted by molar-refractivity contribution is -0.115. The number of rotatable bonds is 7. The van der Waals surface area contributed by atoms with Crippen LogP contribution in [0.25, 0.3) is 22.1 Å². The molecule has 174 valence electrons. The van der Waals surface area contributed by atoms with E-state index in [1.54, 1.807) is 31.2 Å². The van der Waals surface area contributed by atoms with Gasteiger partial charge in [-0.2, -0.15) is 0 Å². The highest BCUT2D eigenvalue weighted by Crippen LogP contribution is 2.35. The Morgan fingerprint density at radius 2 is 1.71 bits per heavy atom. The number of benzene rings is 3. The maximum absolute atomic E-state index is 13.3. The van der Waals surface area contributed by atoms with Crippen molar-refractivity contribution in [1.29, 1.82) is 0 Å².